The van der Waals surface area contributed by atoms with E-state index in [1.807, 2.05) is 14.0 Å². The second-order valence-electron chi connectivity index (χ2n) is 4.96. The van der Waals surface area contributed by atoms with Crippen molar-refractivity contribution in [3.8, 4) is 0 Å². The van der Waals surface area contributed by atoms with Crippen molar-refractivity contribution in [3.05, 3.63) is 0 Å². The third-order valence-corrected chi connectivity index (χ3v) is 3.13. The van der Waals surface area contributed by atoms with E-state index in [-0.39, 0.29) is 0 Å². The van der Waals surface area contributed by atoms with E-state index in [0.717, 1.165) is 0 Å². The van der Waals surface area contributed by atoms with Gasteiger partial charge in [0.15, 0.2) is 0 Å². The van der Waals surface area contributed by atoms with Gasteiger partial charge in [-0.25, -0.2) is 0 Å². The molecule has 0 aliphatic rings. The van der Waals surface area contributed by atoms with Crippen LogP contribution in [0.15, 0.2) is 0 Å². The molecule has 0 aliphatic heterocycles. The fourth-order valence-electron chi connectivity index (χ4n) is 1.35. The Labute approximate surface area is 132 Å². The van der Waals surface area contributed by atoms with E-state index in [2.05, 4.69) is 50.0 Å². The summed E-state index contributed by atoms with van der Waals surface area (Å²) in [7, 11) is 1.90. The Balaban J connectivity index is -0.000000206. The second kappa shape index (κ2) is 26.9. The topological polar surface area (TPSA) is 12.0 Å². The Hall–Kier alpha value is 0.414. The Bertz CT molecular complexity index is 128. The predicted octanol–water partition coefficient (Wildman–Crippen LogP) is 5.86. The molecule has 0 saturated heterocycles. The minimum absolute atomic E-state index is 1.19. The molecule has 1 nitrogen and oxygen atoms in total. The third-order valence-electron chi connectivity index (χ3n) is 2.78. The fraction of sp³-hybridized carbons (Fsp3) is 0.941. The quantitative estimate of drug-likeness (QED) is 0.526. The van der Waals surface area contributed by atoms with Crippen LogP contribution in [0.25, 0.3) is 0 Å². The molecule has 0 bridgehead atoms. The van der Waals surface area contributed by atoms with E-state index >= 15 is 0 Å². The first-order chi connectivity index (χ1) is 9.10. The molecule has 0 spiro atoms. The predicted molar refractivity (Wildman–Crippen MR) is 88.6 cm³/mol. The van der Waals surface area contributed by atoms with Gasteiger partial charge in [0.05, 0.1) is 0 Å². The first-order valence-corrected chi connectivity index (χ1v) is 9.00. The third kappa shape index (κ3) is 45.7. The molecule has 0 unspecified atom stereocenters. The van der Waals surface area contributed by atoms with Gasteiger partial charge in [-0.2, -0.15) is 0 Å². The minimum atomic E-state index is 1.19. The van der Waals surface area contributed by atoms with Gasteiger partial charge >= 0.3 is 40.6 Å². The van der Waals surface area contributed by atoms with Gasteiger partial charge in [-0.1, -0.05) is 91.9 Å². The van der Waals surface area contributed by atoms with Crippen LogP contribution in [0.3, 0.4) is 0 Å². The summed E-state index contributed by atoms with van der Waals surface area (Å²) in [5.74, 6) is 0. The molecular formula is C17H39NV. The second-order valence-corrected chi connectivity index (χ2v) is 6.00. The van der Waals surface area contributed by atoms with Crippen molar-refractivity contribution < 1.29 is 17.0 Å². The zero-order valence-electron chi connectivity index (χ0n) is 14.5. The molecular weight excluding hydrogens is 269 g/mol. The van der Waals surface area contributed by atoms with Crippen LogP contribution in [0.4, 0.5) is 0 Å². The fourth-order valence-corrected chi connectivity index (χ4v) is 1.35. The van der Waals surface area contributed by atoms with Crippen molar-refractivity contribution in [3.63, 3.8) is 0 Å². The summed E-state index contributed by atoms with van der Waals surface area (Å²) in [4.78, 5) is 0. The molecule has 0 heterocycles. The van der Waals surface area contributed by atoms with Crippen LogP contribution in [0, 0.1) is 0 Å². The van der Waals surface area contributed by atoms with Gasteiger partial charge in [0, 0.05) is 0 Å². The molecule has 0 rings (SSSR count). The average Bonchev–Trinajstić information content (AvgIpc) is 2.41. The summed E-state index contributed by atoms with van der Waals surface area (Å²) in [6.07, 6.45) is 14.0. The molecule has 0 aliphatic carbocycles. The van der Waals surface area contributed by atoms with Crippen LogP contribution < -0.4 is 5.32 Å². The molecule has 117 valence electrons. The normalized spacial score (nSPS) is 8.89. The summed E-state index contributed by atoms with van der Waals surface area (Å²) in [6, 6.07) is 0. The standard InChI is InChI=1S/2C7H16.C3H7N.V/c2*1-3-5-7-6-4-2;1-3-4-2;/h2*3-7H2,1-2H3;4H,1-2H3;. The number of rotatable bonds is 9. The van der Waals surface area contributed by atoms with Gasteiger partial charge in [-0.15, -0.1) is 0 Å². The van der Waals surface area contributed by atoms with Gasteiger partial charge in [0.2, 0.25) is 0 Å². The summed E-state index contributed by atoms with van der Waals surface area (Å²) >= 11 is 2.41. The molecule has 0 amide bonds. The first kappa shape index (κ1) is 24.4. The number of nitrogens with one attached hydrogen (secondary N) is 1. The van der Waals surface area contributed by atoms with Gasteiger partial charge in [0.25, 0.3) is 0 Å². The van der Waals surface area contributed by atoms with E-state index in [1.54, 1.807) is 0 Å². The SMILES string of the molecule is CCCCCCC.CCCCCCC.CN[C](C)=[V]. The van der Waals surface area contributed by atoms with Crippen LogP contribution in [-0.2, 0) is 17.0 Å². The van der Waals surface area contributed by atoms with Crippen LogP contribution >= 0.6 is 0 Å². The van der Waals surface area contributed by atoms with Crippen molar-refractivity contribution in [2.75, 3.05) is 7.05 Å². The molecule has 19 heavy (non-hydrogen) atoms. The molecule has 0 radical (unpaired) electrons. The van der Waals surface area contributed by atoms with Crippen molar-refractivity contribution in [1.29, 1.82) is 0 Å². The average molecular weight is 308 g/mol. The number of hydrogen-bond acceptors (Lipinski definition) is 1. The van der Waals surface area contributed by atoms with Gasteiger partial charge in [-0.05, 0) is 0 Å². The summed E-state index contributed by atoms with van der Waals surface area (Å²) in [6.45, 7) is 11.0. The van der Waals surface area contributed by atoms with E-state index in [4.69, 9.17) is 0 Å². The van der Waals surface area contributed by atoms with Crippen LogP contribution in [0.5, 0.6) is 0 Å². The molecule has 1 N–H and O–H groups in total. The van der Waals surface area contributed by atoms with Crippen molar-refractivity contribution in [1.82, 2.24) is 5.32 Å². The molecule has 0 aromatic carbocycles. The molecule has 0 aromatic rings. The van der Waals surface area contributed by atoms with Gasteiger partial charge in [-0.3, -0.25) is 0 Å². The zero-order valence-corrected chi connectivity index (χ0v) is 15.9. The summed E-state index contributed by atoms with van der Waals surface area (Å²) in [5, 5.41) is 2.92. The Kier molecular flexibility index (Phi) is 34.6. The number of unbranched alkanes of at least 4 members (excludes halogenated alkanes) is 8. The van der Waals surface area contributed by atoms with Gasteiger partial charge < -0.3 is 0 Å². The van der Waals surface area contributed by atoms with E-state index in [9.17, 15) is 0 Å². The Morgan fingerprint density at radius 3 is 1.00 bits per heavy atom. The molecule has 2 heteroatoms. The van der Waals surface area contributed by atoms with Crippen LogP contribution in [0.1, 0.15) is 98.8 Å². The van der Waals surface area contributed by atoms with Crippen molar-refractivity contribution >= 4 is 4.35 Å². The maximum atomic E-state index is 2.92. The molecule has 0 atom stereocenters. The zero-order chi connectivity index (χ0) is 15.4. The first-order valence-electron chi connectivity index (χ1n) is 8.30. The molecule has 0 aromatic heterocycles. The van der Waals surface area contributed by atoms with Crippen LogP contribution in [0.2, 0.25) is 0 Å². The van der Waals surface area contributed by atoms with Crippen molar-refractivity contribution in [2.24, 2.45) is 0 Å². The number of hydrogen-bond donors (Lipinski definition) is 1. The van der Waals surface area contributed by atoms with E-state index in [0.29, 0.717) is 0 Å². The van der Waals surface area contributed by atoms with E-state index in [1.165, 1.54) is 68.6 Å². The van der Waals surface area contributed by atoms with E-state index < -0.39 is 0 Å². The summed E-state index contributed by atoms with van der Waals surface area (Å²) in [5.41, 5.74) is 0. The van der Waals surface area contributed by atoms with Gasteiger partial charge in [0.1, 0.15) is 0 Å². The Morgan fingerprint density at radius 1 is 0.684 bits per heavy atom. The molecule has 0 fully saturated rings. The molecule has 0 saturated carbocycles. The summed E-state index contributed by atoms with van der Waals surface area (Å²) < 4.78 is 1.19. The maximum absolute atomic E-state index is 2.92. The van der Waals surface area contributed by atoms with Crippen molar-refractivity contribution in [2.45, 2.75) is 98.8 Å². The van der Waals surface area contributed by atoms with Crippen LogP contribution in [-0.4, -0.2) is 11.4 Å². The Morgan fingerprint density at radius 2 is 0.895 bits per heavy atom. The monoisotopic (exact) mass is 308 g/mol.